The molecule has 0 saturated heterocycles. The van der Waals surface area contributed by atoms with Gasteiger partial charge in [-0.2, -0.15) is 0 Å². The number of rotatable bonds is 7. The highest BCUT2D eigenvalue weighted by molar-refractivity contribution is 5.81. The van der Waals surface area contributed by atoms with E-state index in [9.17, 15) is 4.79 Å². The number of carbonyl (C=O) groups is 1. The fourth-order valence-corrected chi connectivity index (χ4v) is 1.53. The number of hydrogen-bond donors (Lipinski definition) is 2. The van der Waals surface area contributed by atoms with Crippen molar-refractivity contribution >= 4 is 5.97 Å². The van der Waals surface area contributed by atoms with Gasteiger partial charge in [-0.25, -0.2) is 4.79 Å². The van der Waals surface area contributed by atoms with Crippen molar-refractivity contribution in [3.63, 3.8) is 0 Å². The molecule has 0 heterocycles. The van der Waals surface area contributed by atoms with E-state index in [2.05, 4.69) is 26.1 Å². The van der Waals surface area contributed by atoms with E-state index in [0.717, 1.165) is 0 Å². The summed E-state index contributed by atoms with van der Waals surface area (Å²) in [4.78, 5) is 11.0. The molecule has 0 aromatic carbocycles. The van der Waals surface area contributed by atoms with Gasteiger partial charge in [0.2, 0.25) is 0 Å². The van der Waals surface area contributed by atoms with Crippen molar-refractivity contribution in [3.05, 3.63) is 12.2 Å². The number of aliphatic hydroxyl groups is 1. The van der Waals surface area contributed by atoms with Crippen molar-refractivity contribution < 1.29 is 14.6 Å². The van der Waals surface area contributed by atoms with Crippen LogP contribution in [0.15, 0.2) is 12.2 Å². The van der Waals surface area contributed by atoms with Crippen molar-refractivity contribution in [1.82, 2.24) is 5.32 Å². The number of aliphatic hydroxyl groups excluding tert-OH is 1. The molecular formula is C13H25NO3. The summed E-state index contributed by atoms with van der Waals surface area (Å²) in [6.45, 7) is 9.30. The van der Waals surface area contributed by atoms with E-state index in [1.54, 1.807) is 13.0 Å². The molecular weight excluding hydrogens is 218 g/mol. The smallest absolute Gasteiger partial charge is 0.330 e. The second-order valence-electron chi connectivity index (χ2n) is 4.99. The van der Waals surface area contributed by atoms with Crippen LogP contribution >= 0.6 is 0 Å². The topological polar surface area (TPSA) is 58.6 Å². The molecule has 4 nitrogen and oxygen atoms in total. The van der Waals surface area contributed by atoms with E-state index in [1.165, 1.54) is 6.08 Å². The van der Waals surface area contributed by atoms with Crippen molar-refractivity contribution in [1.29, 1.82) is 0 Å². The molecule has 0 saturated carbocycles. The van der Waals surface area contributed by atoms with Crippen LogP contribution in [-0.4, -0.2) is 36.9 Å². The van der Waals surface area contributed by atoms with Gasteiger partial charge in [0.1, 0.15) is 0 Å². The summed E-state index contributed by atoms with van der Waals surface area (Å²) in [7, 11) is 0. The van der Waals surface area contributed by atoms with Crippen LogP contribution in [-0.2, 0) is 9.53 Å². The van der Waals surface area contributed by atoms with Crippen LogP contribution in [0.1, 0.15) is 34.1 Å². The van der Waals surface area contributed by atoms with Gasteiger partial charge in [-0.05, 0) is 18.8 Å². The Kier molecular flexibility index (Phi) is 7.83. The fourth-order valence-electron chi connectivity index (χ4n) is 1.53. The molecule has 0 aliphatic carbocycles. The number of carbonyl (C=O) groups excluding carboxylic acids is 1. The first kappa shape index (κ1) is 16.1. The minimum atomic E-state index is -0.316. The number of ether oxygens (including phenoxy) is 1. The molecule has 17 heavy (non-hydrogen) atoms. The van der Waals surface area contributed by atoms with E-state index < -0.39 is 0 Å². The Morgan fingerprint density at radius 2 is 2.12 bits per heavy atom. The van der Waals surface area contributed by atoms with Crippen LogP contribution in [0, 0.1) is 5.41 Å². The fraction of sp³-hybridized carbons (Fsp3) is 0.769. The van der Waals surface area contributed by atoms with Crippen LogP contribution < -0.4 is 5.32 Å². The minimum absolute atomic E-state index is 0.0838. The van der Waals surface area contributed by atoms with Gasteiger partial charge >= 0.3 is 5.97 Å². The second kappa shape index (κ2) is 8.25. The molecule has 0 rings (SSSR count). The monoisotopic (exact) mass is 243 g/mol. The molecule has 1 unspecified atom stereocenters. The van der Waals surface area contributed by atoms with Crippen LogP contribution in [0.5, 0.6) is 0 Å². The first-order valence-corrected chi connectivity index (χ1v) is 6.09. The molecule has 4 heteroatoms. The Balaban J connectivity index is 4.02. The van der Waals surface area contributed by atoms with Crippen molar-refractivity contribution in [2.45, 2.75) is 40.2 Å². The highest BCUT2D eigenvalue weighted by Crippen LogP contribution is 2.21. The molecule has 2 N–H and O–H groups in total. The third kappa shape index (κ3) is 7.94. The zero-order chi connectivity index (χ0) is 13.3. The summed E-state index contributed by atoms with van der Waals surface area (Å²) >= 11 is 0. The summed E-state index contributed by atoms with van der Waals surface area (Å²) in [5.74, 6) is -0.316. The molecule has 0 aliphatic rings. The molecule has 0 spiro atoms. The quantitative estimate of drug-likeness (QED) is 0.525. The lowest BCUT2D eigenvalue weighted by Crippen LogP contribution is -2.41. The summed E-state index contributed by atoms with van der Waals surface area (Å²) in [5.41, 5.74) is 0.0838. The SMILES string of the molecule is CCOC(=O)/C=C/CNC(CCO)C(C)(C)C. The lowest BCUT2D eigenvalue weighted by Gasteiger charge is -2.30. The van der Waals surface area contributed by atoms with Gasteiger partial charge < -0.3 is 15.2 Å². The zero-order valence-electron chi connectivity index (χ0n) is 11.3. The molecule has 0 aromatic rings. The van der Waals surface area contributed by atoms with E-state index in [0.29, 0.717) is 19.6 Å². The van der Waals surface area contributed by atoms with Crippen LogP contribution in [0.4, 0.5) is 0 Å². The summed E-state index contributed by atoms with van der Waals surface area (Å²) in [6, 6.07) is 0.222. The van der Waals surface area contributed by atoms with E-state index in [1.807, 2.05) is 0 Å². The Morgan fingerprint density at radius 3 is 2.59 bits per heavy atom. The summed E-state index contributed by atoms with van der Waals surface area (Å²) in [5, 5.41) is 12.3. The highest BCUT2D eigenvalue weighted by atomic mass is 16.5. The van der Waals surface area contributed by atoms with Gasteiger partial charge in [0.25, 0.3) is 0 Å². The second-order valence-corrected chi connectivity index (χ2v) is 4.99. The Morgan fingerprint density at radius 1 is 1.47 bits per heavy atom. The van der Waals surface area contributed by atoms with Gasteiger partial charge in [0.05, 0.1) is 6.61 Å². The zero-order valence-corrected chi connectivity index (χ0v) is 11.3. The van der Waals surface area contributed by atoms with E-state index in [4.69, 9.17) is 9.84 Å². The van der Waals surface area contributed by atoms with E-state index >= 15 is 0 Å². The normalized spacial score (nSPS) is 13.9. The van der Waals surface area contributed by atoms with Crippen LogP contribution in [0.25, 0.3) is 0 Å². The van der Waals surface area contributed by atoms with Crippen LogP contribution in [0.3, 0.4) is 0 Å². The predicted molar refractivity (Wildman–Crippen MR) is 68.7 cm³/mol. The number of nitrogens with one attached hydrogen (secondary N) is 1. The number of hydrogen-bond acceptors (Lipinski definition) is 4. The lowest BCUT2D eigenvalue weighted by atomic mass is 9.85. The molecule has 0 radical (unpaired) electrons. The third-order valence-electron chi connectivity index (χ3n) is 2.49. The Labute approximate surface area is 104 Å². The molecule has 100 valence electrons. The van der Waals surface area contributed by atoms with Gasteiger partial charge in [-0.15, -0.1) is 0 Å². The average Bonchev–Trinajstić information content (AvgIpc) is 2.21. The first-order chi connectivity index (χ1) is 7.91. The first-order valence-electron chi connectivity index (χ1n) is 6.09. The van der Waals surface area contributed by atoms with Gasteiger partial charge in [-0.1, -0.05) is 26.8 Å². The van der Waals surface area contributed by atoms with Gasteiger partial charge in [-0.3, -0.25) is 0 Å². The van der Waals surface area contributed by atoms with Crippen molar-refractivity contribution in [2.24, 2.45) is 5.41 Å². The maximum Gasteiger partial charge on any atom is 0.330 e. The standard InChI is InChI=1S/C13H25NO3/c1-5-17-12(16)7-6-9-14-11(8-10-15)13(2,3)4/h6-7,11,14-15H,5,8-10H2,1-4H3/b7-6+. The minimum Gasteiger partial charge on any atom is -0.463 e. The molecule has 0 aromatic heterocycles. The Hall–Kier alpha value is -0.870. The molecule has 0 bridgehead atoms. The summed E-state index contributed by atoms with van der Waals surface area (Å²) in [6.07, 6.45) is 3.88. The molecule has 0 amide bonds. The molecule has 0 fully saturated rings. The highest BCUT2D eigenvalue weighted by Gasteiger charge is 2.22. The maximum atomic E-state index is 11.0. The third-order valence-corrected chi connectivity index (χ3v) is 2.49. The lowest BCUT2D eigenvalue weighted by molar-refractivity contribution is -0.137. The van der Waals surface area contributed by atoms with Crippen molar-refractivity contribution in [2.75, 3.05) is 19.8 Å². The molecule has 1 atom stereocenters. The van der Waals surface area contributed by atoms with E-state index in [-0.39, 0.29) is 24.0 Å². The number of esters is 1. The average molecular weight is 243 g/mol. The summed E-state index contributed by atoms with van der Waals surface area (Å²) < 4.78 is 4.77. The van der Waals surface area contributed by atoms with Gasteiger partial charge in [0.15, 0.2) is 0 Å². The van der Waals surface area contributed by atoms with Crippen LogP contribution in [0.2, 0.25) is 0 Å². The molecule has 0 aliphatic heterocycles. The maximum absolute atomic E-state index is 11.0. The predicted octanol–water partition coefficient (Wildman–Crippen LogP) is 1.49. The largest absolute Gasteiger partial charge is 0.463 e. The Bertz CT molecular complexity index is 244. The van der Waals surface area contributed by atoms with Crippen molar-refractivity contribution in [3.8, 4) is 0 Å². The van der Waals surface area contributed by atoms with Gasteiger partial charge in [0, 0.05) is 25.3 Å².